The van der Waals surface area contributed by atoms with Gasteiger partial charge in [-0.05, 0) is 12.1 Å². The Balaban J connectivity index is 2.31. The van der Waals surface area contributed by atoms with Crippen LogP contribution in [0.2, 0.25) is 0 Å². The molecule has 0 bridgehead atoms. The number of carbonyl (C=O) groups excluding carboxylic acids is 3. The van der Waals surface area contributed by atoms with Crippen molar-refractivity contribution < 1.29 is 24.3 Å². The van der Waals surface area contributed by atoms with Gasteiger partial charge in [-0.15, -0.1) is 0 Å². The Kier molecular flexibility index (Phi) is 2.93. The summed E-state index contributed by atoms with van der Waals surface area (Å²) >= 11 is 0. The van der Waals surface area contributed by atoms with E-state index >= 15 is 0 Å². The normalized spacial score (nSPS) is 13.7. The van der Waals surface area contributed by atoms with Crippen molar-refractivity contribution in [1.29, 1.82) is 0 Å². The molecular formula is C12H9NO5. The number of aliphatic carboxylic acids is 1. The lowest BCUT2D eigenvalue weighted by Crippen LogP contribution is -2.31. The zero-order valence-corrected chi connectivity index (χ0v) is 9.25. The number of aldehydes is 1. The van der Waals surface area contributed by atoms with E-state index in [2.05, 4.69) is 0 Å². The van der Waals surface area contributed by atoms with Crippen LogP contribution in [0.5, 0.6) is 0 Å². The summed E-state index contributed by atoms with van der Waals surface area (Å²) in [6.07, 6.45) is 0.282. The molecule has 0 radical (unpaired) electrons. The van der Waals surface area contributed by atoms with Crippen LogP contribution in [0.1, 0.15) is 37.5 Å². The van der Waals surface area contributed by atoms with E-state index in [1.165, 1.54) is 18.2 Å². The van der Waals surface area contributed by atoms with Crippen LogP contribution in [0, 0.1) is 0 Å². The molecule has 2 amide bonds. The zero-order chi connectivity index (χ0) is 13.3. The summed E-state index contributed by atoms with van der Waals surface area (Å²) in [5.74, 6) is -2.16. The lowest BCUT2D eigenvalue weighted by atomic mass is 10.1. The van der Waals surface area contributed by atoms with Crippen LogP contribution in [0.15, 0.2) is 18.2 Å². The average Bonchev–Trinajstić information content (AvgIpc) is 2.59. The Morgan fingerprint density at radius 1 is 1.22 bits per heavy atom. The maximum atomic E-state index is 11.9. The number of amides is 2. The minimum absolute atomic E-state index is 0.148. The number of fused-ring (bicyclic) bond motifs is 1. The molecule has 92 valence electrons. The van der Waals surface area contributed by atoms with E-state index in [0.717, 1.165) is 4.90 Å². The van der Waals surface area contributed by atoms with Gasteiger partial charge in [-0.1, -0.05) is 6.07 Å². The van der Waals surface area contributed by atoms with Crippen LogP contribution in [0.3, 0.4) is 0 Å². The van der Waals surface area contributed by atoms with Gasteiger partial charge in [0.25, 0.3) is 11.8 Å². The van der Waals surface area contributed by atoms with Gasteiger partial charge >= 0.3 is 5.97 Å². The molecular weight excluding hydrogens is 238 g/mol. The molecule has 1 aromatic rings. The average molecular weight is 247 g/mol. The molecule has 1 aromatic carbocycles. The number of carboxylic acid groups (broad SMARTS) is 1. The molecule has 18 heavy (non-hydrogen) atoms. The summed E-state index contributed by atoms with van der Waals surface area (Å²) < 4.78 is 0. The molecule has 6 nitrogen and oxygen atoms in total. The Labute approximate surface area is 102 Å². The van der Waals surface area contributed by atoms with Crippen molar-refractivity contribution in [2.24, 2.45) is 0 Å². The fourth-order valence-electron chi connectivity index (χ4n) is 1.79. The van der Waals surface area contributed by atoms with Crippen LogP contribution in [0.25, 0.3) is 0 Å². The summed E-state index contributed by atoms with van der Waals surface area (Å²) in [6, 6.07) is 4.18. The highest BCUT2D eigenvalue weighted by molar-refractivity contribution is 6.21. The van der Waals surface area contributed by atoms with E-state index in [0.29, 0.717) is 11.8 Å². The van der Waals surface area contributed by atoms with E-state index < -0.39 is 17.8 Å². The molecule has 1 N–H and O–H groups in total. The van der Waals surface area contributed by atoms with Crippen molar-refractivity contribution in [2.75, 3.05) is 6.54 Å². The monoisotopic (exact) mass is 247 g/mol. The van der Waals surface area contributed by atoms with Crippen molar-refractivity contribution in [2.45, 2.75) is 6.42 Å². The second kappa shape index (κ2) is 4.40. The molecule has 1 heterocycles. The number of rotatable bonds is 4. The van der Waals surface area contributed by atoms with Gasteiger partial charge in [0.1, 0.15) is 6.29 Å². The molecule has 1 aliphatic heterocycles. The lowest BCUT2D eigenvalue weighted by molar-refractivity contribution is -0.137. The first-order chi connectivity index (χ1) is 8.54. The summed E-state index contributed by atoms with van der Waals surface area (Å²) in [5, 5.41) is 8.55. The fourth-order valence-corrected chi connectivity index (χ4v) is 1.79. The molecule has 0 atom stereocenters. The summed E-state index contributed by atoms with van der Waals surface area (Å²) in [7, 11) is 0. The molecule has 2 rings (SSSR count). The molecule has 0 aliphatic carbocycles. The van der Waals surface area contributed by atoms with Gasteiger partial charge in [0, 0.05) is 12.1 Å². The second-order valence-corrected chi connectivity index (χ2v) is 3.83. The SMILES string of the molecule is O=Cc1ccc2c(c1)C(=O)N(CCC(=O)O)C2=O. The van der Waals surface area contributed by atoms with Gasteiger partial charge < -0.3 is 5.11 Å². The highest BCUT2D eigenvalue weighted by atomic mass is 16.4. The van der Waals surface area contributed by atoms with E-state index in [9.17, 15) is 19.2 Å². The Morgan fingerprint density at radius 3 is 2.50 bits per heavy atom. The van der Waals surface area contributed by atoms with E-state index in [4.69, 9.17) is 5.11 Å². The molecule has 0 spiro atoms. The third-order valence-electron chi connectivity index (χ3n) is 2.68. The quantitative estimate of drug-likeness (QED) is 0.620. The van der Waals surface area contributed by atoms with Gasteiger partial charge in [0.05, 0.1) is 17.5 Å². The van der Waals surface area contributed by atoms with Crippen LogP contribution in [-0.4, -0.2) is 40.6 Å². The van der Waals surface area contributed by atoms with Crippen molar-refractivity contribution in [3.8, 4) is 0 Å². The zero-order valence-electron chi connectivity index (χ0n) is 9.25. The van der Waals surface area contributed by atoms with Gasteiger partial charge in [0.15, 0.2) is 0 Å². The molecule has 0 aromatic heterocycles. The first-order valence-corrected chi connectivity index (χ1v) is 5.22. The predicted molar refractivity (Wildman–Crippen MR) is 59.4 cm³/mol. The van der Waals surface area contributed by atoms with Crippen LogP contribution in [0.4, 0.5) is 0 Å². The van der Waals surface area contributed by atoms with Crippen molar-refractivity contribution >= 4 is 24.1 Å². The van der Waals surface area contributed by atoms with Gasteiger partial charge in [-0.25, -0.2) is 0 Å². The highest BCUT2D eigenvalue weighted by Gasteiger charge is 2.35. The Morgan fingerprint density at radius 2 is 1.89 bits per heavy atom. The molecule has 6 heteroatoms. The van der Waals surface area contributed by atoms with E-state index in [1.54, 1.807) is 0 Å². The summed E-state index contributed by atoms with van der Waals surface area (Å²) in [6.45, 7) is -0.169. The second-order valence-electron chi connectivity index (χ2n) is 3.83. The van der Waals surface area contributed by atoms with Crippen molar-refractivity contribution in [1.82, 2.24) is 4.90 Å². The van der Waals surface area contributed by atoms with Crippen LogP contribution >= 0.6 is 0 Å². The minimum Gasteiger partial charge on any atom is -0.481 e. The number of benzene rings is 1. The molecule has 0 fully saturated rings. The third kappa shape index (κ3) is 1.88. The minimum atomic E-state index is -1.08. The van der Waals surface area contributed by atoms with Crippen LogP contribution in [-0.2, 0) is 4.79 Å². The lowest BCUT2D eigenvalue weighted by Gasteiger charge is -2.11. The number of imide groups is 1. The molecule has 0 saturated carbocycles. The van der Waals surface area contributed by atoms with Gasteiger partial charge in [-0.2, -0.15) is 0 Å². The summed E-state index contributed by atoms with van der Waals surface area (Å²) in [4.78, 5) is 45.7. The Bertz CT molecular complexity index is 564. The molecule has 1 aliphatic rings. The molecule has 0 unspecified atom stereocenters. The van der Waals surface area contributed by atoms with E-state index in [-0.39, 0.29) is 24.1 Å². The number of carboxylic acids is 1. The van der Waals surface area contributed by atoms with Crippen molar-refractivity contribution in [3.63, 3.8) is 0 Å². The predicted octanol–water partition coefficient (Wildman–Crippen LogP) is 0.570. The summed E-state index contributed by atoms with van der Waals surface area (Å²) in [5.41, 5.74) is 0.654. The van der Waals surface area contributed by atoms with Gasteiger partial charge in [0.2, 0.25) is 0 Å². The Hall–Kier alpha value is -2.50. The smallest absolute Gasteiger partial charge is 0.305 e. The maximum Gasteiger partial charge on any atom is 0.305 e. The highest BCUT2D eigenvalue weighted by Crippen LogP contribution is 2.23. The van der Waals surface area contributed by atoms with Crippen molar-refractivity contribution in [3.05, 3.63) is 34.9 Å². The van der Waals surface area contributed by atoms with E-state index in [1.807, 2.05) is 0 Å². The number of hydrogen-bond acceptors (Lipinski definition) is 4. The number of carbonyl (C=O) groups is 4. The maximum absolute atomic E-state index is 11.9. The largest absolute Gasteiger partial charge is 0.481 e. The fraction of sp³-hybridized carbons (Fsp3) is 0.167. The topological polar surface area (TPSA) is 91.8 Å². The first-order valence-electron chi connectivity index (χ1n) is 5.22. The van der Waals surface area contributed by atoms with Crippen LogP contribution < -0.4 is 0 Å². The van der Waals surface area contributed by atoms with Gasteiger partial charge in [-0.3, -0.25) is 24.1 Å². The number of nitrogens with zero attached hydrogens (tertiary/aromatic N) is 1. The first kappa shape index (κ1) is 12.0. The standard InChI is InChI=1S/C12H9NO5/c14-6-7-1-2-8-9(5-7)12(18)13(11(8)17)4-3-10(15)16/h1-2,5-6H,3-4H2,(H,15,16). The molecule has 0 saturated heterocycles. The third-order valence-corrected chi connectivity index (χ3v) is 2.68. The number of hydrogen-bond donors (Lipinski definition) is 1.